The molecule has 106 valence electrons. The lowest BCUT2D eigenvalue weighted by Crippen LogP contribution is -2.46. The SMILES string of the molecule is CC1(C)CCCC1C(Cc1c(F)cccc1Cl)NN. The van der Waals surface area contributed by atoms with Crippen molar-refractivity contribution >= 4 is 11.6 Å². The third-order valence-corrected chi connectivity index (χ3v) is 4.88. The van der Waals surface area contributed by atoms with Crippen molar-refractivity contribution in [2.24, 2.45) is 17.2 Å². The van der Waals surface area contributed by atoms with Gasteiger partial charge >= 0.3 is 0 Å². The highest BCUT2D eigenvalue weighted by atomic mass is 35.5. The largest absolute Gasteiger partial charge is 0.271 e. The summed E-state index contributed by atoms with van der Waals surface area (Å²) in [6, 6.07) is 4.87. The van der Waals surface area contributed by atoms with Gasteiger partial charge in [-0.1, -0.05) is 37.9 Å². The Morgan fingerprint density at radius 2 is 2.26 bits per heavy atom. The molecule has 0 bridgehead atoms. The molecule has 2 rings (SSSR count). The minimum absolute atomic E-state index is 0.0619. The third-order valence-electron chi connectivity index (χ3n) is 4.53. The van der Waals surface area contributed by atoms with Crippen molar-refractivity contribution in [3.63, 3.8) is 0 Å². The average molecular weight is 285 g/mol. The maximum atomic E-state index is 13.9. The van der Waals surface area contributed by atoms with E-state index in [-0.39, 0.29) is 17.3 Å². The maximum absolute atomic E-state index is 13.9. The molecule has 1 aromatic carbocycles. The topological polar surface area (TPSA) is 38.0 Å². The van der Waals surface area contributed by atoms with Crippen LogP contribution in [0.5, 0.6) is 0 Å². The molecule has 0 heterocycles. The molecular weight excluding hydrogens is 263 g/mol. The van der Waals surface area contributed by atoms with Crippen LogP contribution < -0.4 is 11.3 Å². The van der Waals surface area contributed by atoms with Crippen LogP contribution in [0.1, 0.15) is 38.7 Å². The Bertz CT molecular complexity index is 428. The number of halogens is 2. The van der Waals surface area contributed by atoms with Gasteiger partial charge in [-0.15, -0.1) is 0 Å². The van der Waals surface area contributed by atoms with E-state index >= 15 is 0 Å². The van der Waals surface area contributed by atoms with E-state index in [0.717, 1.165) is 6.42 Å². The monoisotopic (exact) mass is 284 g/mol. The van der Waals surface area contributed by atoms with E-state index in [0.29, 0.717) is 22.9 Å². The van der Waals surface area contributed by atoms with Gasteiger partial charge in [0.1, 0.15) is 5.82 Å². The first-order valence-corrected chi connectivity index (χ1v) is 7.22. The second-order valence-corrected chi connectivity index (χ2v) is 6.57. The van der Waals surface area contributed by atoms with E-state index in [1.165, 1.54) is 18.9 Å². The van der Waals surface area contributed by atoms with Crippen LogP contribution in [0.15, 0.2) is 18.2 Å². The van der Waals surface area contributed by atoms with Gasteiger partial charge in [-0.3, -0.25) is 11.3 Å². The molecule has 0 saturated heterocycles. The second-order valence-electron chi connectivity index (χ2n) is 6.16. The van der Waals surface area contributed by atoms with E-state index < -0.39 is 0 Å². The molecule has 1 aliphatic carbocycles. The lowest BCUT2D eigenvalue weighted by atomic mass is 9.76. The molecule has 1 saturated carbocycles. The van der Waals surface area contributed by atoms with Crippen LogP contribution in [0.25, 0.3) is 0 Å². The lowest BCUT2D eigenvalue weighted by molar-refractivity contribution is 0.195. The second kappa shape index (κ2) is 5.78. The van der Waals surface area contributed by atoms with Gasteiger partial charge in [0.25, 0.3) is 0 Å². The van der Waals surface area contributed by atoms with Crippen molar-refractivity contribution in [2.75, 3.05) is 0 Å². The first kappa shape index (κ1) is 14.8. The number of benzene rings is 1. The minimum Gasteiger partial charge on any atom is -0.271 e. The van der Waals surface area contributed by atoms with Crippen LogP contribution in [0.2, 0.25) is 5.02 Å². The Labute approximate surface area is 119 Å². The van der Waals surface area contributed by atoms with Gasteiger partial charge in [-0.25, -0.2) is 4.39 Å². The fourth-order valence-electron chi connectivity index (χ4n) is 3.36. The van der Waals surface area contributed by atoms with E-state index in [1.807, 2.05) is 0 Å². The molecule has 1 fully saturated rings. The summed E-state index contributed by atoms with van der Waals surface area (Å²) in [6.45, 7) is 4.52. The summed E-state index contributed by atoms with van der Waals surface area (Å²) in [5.74, 6) is 5.91. The highest BCUT2D eigenvalue weighted by Gasteiger charge is 2.39. The molecule has 2 atom stereocenters. The Morgan fingerprint density at radius 3 is 2.79 bits per heavy atom. The molecule has 4 heteroatoms. The Kier molecular flexibility index (Phi) is 4.49. The molecule has 1 aliphatic rings. The van der Waals surface area contributed by atoms with Gasteiger partial charge in [0.15, 0.2) is 0 Å². The zero-order valence-electron chi connectivity index (χ0n) is 11.5. The van der Waals surface area contributed by atoms with Crippen LogP contribution in [-0.2, 0) is 6.42 Å². The first-order chi connectivity index (χ1) is 8.95. The Morgan fingerprint density at radius 1 is 1.53 bits per heavy atom. The minimum atomic E-state index is -0.247. The van der Waals surface area contributed by atoms with E-state index in [9.17, 15) is 4.39 Å². The summed E-state index contributed by atoms with van der Waals surface area (Å²) < 4.78 is 13.9. The number of rotatable bonds is 4. The van der Waals surface area contributed by atoms with Crippen LogP contribution in [0.3, 0.4) is 0 Å². The summed E-state index contributed by atoms with van der Waals surface area (Å²) in [6.07, 6.45) is 4.08. The number of nitrogens with two attached hydrogens (primary N) is 1. The highest BCUT2D eigenvalue weighted by molar-refractivity contribution is 6.31. The summed E-state index contributed by atoms with van der Waals surface area (Å²) in [5, 5.41) is 0.482. The average Bonchev–Trinajstić information content (AvgIpc) is 2.69. The molecule has 0 amide bonds. The highest BCUT2D eigenvalue weighted by Crippen LogP contribution is 2.45. The van der Waals surface area contributed by atoms with Gasteiger partial charge in [-0.2, -0.15) is 0 Å². The van der Waals surface area contributed by atoms with Crippen molar-refractivity contribution in [2.45, 2.75) is 45.6 Å². The maximum Gasteiger partial charge on any atom is 0.127 e. The van der Waals surface area contributed by atoms with Crippen LogP contribution in [-0.4, -0.2) is 6.04 Å². The molecule has 19 heavy (non-hydrogen) atoms. The standard InChI is InChI=1S/C15H22ClFN2/c1-15(2)8-4-5-11(15)14(19-18)9-10-12(16)6-3-7-13(10)17/h3,6-7,11,14,19H,4-5,8-9,18H2,1-2H3. The van der Waals surface area contributed by atoms with E-state index in [2.05, 4.69) is 19.3 Å². The van der Waals surface area contributed by atoms with Gasteiger partial charge in [0.2, 0.25) is 0 Å². The summed E-state index contributed by atoms with van der Waals surface area (Å²) in [4.78, 5) is 0. The fourth-order valence-corrected chi connectivity index (χ4v) is 3.60. The lowest BCUT2D eigenvalue weighted by Gasteiger charge is -2.34. The summed E-state index contributed by atoms with van der Waals surface area (Å²) in [5.41, 5.74) is 3.69. The molecule has 0 spiro atoms. The van der Waals surface area contributed by atoms with E-state index in [1.54, 1.807) is 12.1 Å². The van der Waals surface area contributed by atoms with Gasteiger partial charge < -0.3 is 0 Å². The number of hydrogen-bond acceptors (Lipinski definition) is 2. The van der Waals surface area contributed by atoms with Crippen molar-refractivity contribution in [1.29, 1.82) is 0 Å². The third kappa shape index (κ3) is 3.10. The van der Waals surface area contributed by atoms with E-state index in [4.69, 9.17) is 17.4 Å². The van der Waals surface area contributed by atoms with Crippen molar-refractivity contribution in [3.05, 3.63) is 34.6 Å². The first-order valence-electron chi connectivity index (χ1n) is 6.84. The smallest absolute Gasteiger partial charge is 0.127 e. The molecule has 0 aromatic heterocycles. The normalized spacial score (nSPS) is 23.5. The van der Waals surface area contributed by atoms with Crippen LogP contribution in [0.4, 0.5) is 4.39 Å². The predicted molar refractivity (Wildman–Crippen MR) is 77.3 cm³/mol. The number of nitrogens with one attached hydrogen (secondary N) is 1. The van der Waals surface area contributed by atoms with Gasteiger partial charge in [0.05, 0.1) is 0 Å². The van der Waals surface area contributed by atoms with Gasteiger partial charge in [0, 0.05) is 16.6 Å². The molecule has 0 aliphatic heterocycles. The zero-order chi connectivity index (χ0) is 14.0. The Hall–Kier alpha value is -0.640. The van der Waals surface area contributed by atoms with Crippen molar-refractivity contribution in [3.8, 4) is 0 Å². The zero-order valence-corrected chi connectivity index (χ0v) is 12.3. The van der Waals surface area contributed by atoms with Gasteiger partial charge in [-0.05, 0) is 42.7 Å². The van der Waals surface area contributed by atoms with Crippen LogP contribution in [0, 0.1) is 17.2 Å². The molecular formula is C15H22ClFN2. The molecule has 2 unspecified atom stereocenters. The molecule has 0 radical (unpaired) electrons. The van der Waals surface area contributed by atoms with Crippen molar-refractivity contribution < 1.29 is 4.39 Å². The summed E-state index contributed by atoms with van der Waals surface area (Å²) >= 11 is 6.10. The molecule has 3 N–H and O–H groups in total. The van der Waals surface area contributed by atoms with Crippen LogP contribution >= 0.6 is 11.6 Å². The van der Waals surface area contributed by atoms with Crippen molar-refractivity contribution in [1.82, 2.24) is 5.43 Å². The number of hydrazine groups is 1. The fraction of sp³-hybridized carbons (Fsp3) is 0.600. The molecule has 1 aromatic rings. The molecule has 2 nitrogen and oxygen atoms in total. The Balaban J connectivity index is 2.20. The summed E-state index contributed by atoms with van der Waals surface area (Å²) in [7, 11) is 0. The quantitative estimate of drug-likeness (QED) is 0.654. The predicted octanol–water partition coefficient (Wildman–Crippen LogP) is 3.68. The number of hydrogen-bond donors (Lipinski definition) is 2.